The summed E-state index contributed by atoms with van der Waals surface area (Å²) in [6, 6.07) is 3.39. The number of nitrogens with one attached hydrogen (secondary N) is 1. The molecule has 5 heteroatoms. The van der Waals surface area contributed by atoms with Crippen molar-refractivity contribution in [2.45, 2.75) is 18.9 Å². The number of hydrogen-bond acceptors (Lipinski definition) is 3. The fraction of sp³-hybridized carbons (Fsp3) is 0.364. The van der Waals surface area contributed by atoms with Gasteiger partial charge >= 0.3 is 0 Å². The van der Waals surface area contributed by atoms with Gasteiger partial charge in [0.1, 0.15) is 17.7 Å². The maximum absolute atomic E-state index is 12.9. The van der Waals surface area contributed by atoms with E-state index in [2.05, 4.69) is 5.32 Å². The zero-order chi connectivity index (χ0) is 11.5. The Labute approximate surface area is 92.0 Å². The third-order valence-corrected chi connectivity index (χ3v) is 2.44. The standard InChI is InChI=1S/C11H12FNO3/c12-7-3-4-9(14)8(6-7)13-11(15)10-2-1-5-16-10/h3-4,6,10,14H,1-2,5H2,(H,13,15)/t10-/m0/s1. The van der Waals surface area contributed by atoms with Crippen LogP contribution in [-0.2, 0) is 9.53 Å². The summed E-state index contributed by atoms with van der Waals surface area (Å²) in [6.45, 7) is 0.563. The van der Waals surface area contributed by atoms with E-state index in [1.165, 1.54) is 6.07 Å². The van der Waals surface area contributed by atoms with Gasteiger partial charge in [0.15, 0.2) is 0 Å². The number of amides is 1. The van der Waals surface area contributed by atoms with Crippen LogP contribution in [0.3, 0.4) is 0 Å². The average Bonchev–Trinajstić information content (AvgIpc) is 2.76. The highest BCUT2D eigenvalue weighted by Crippen LogP contribution is 2.24. The molecule has 0 unspecified atom stereocenters. The molecule has 4 nitrogen and oxygen atoms in total. The largest absolute Gasteiger partial charge is 0.506 e. The summed E-state index contributed by atoms with van der Waals surface area (Å²) in [5, 5.41) is 11.8. The number of phenolic OH excluding ortho intramolecular Hbond substituents is 1. The van der Waals surface area contributed by atoms with Crippen LogP contribution in [0, 0.1) is 5.82 Å². The van der Waals surface area contributed by atoms with E-state index in [-0.39, 0.29) is 17.3 Å². The third kappa shape index (κ3) is 2.30. The van der Waals surface area contributed by atoms with Gasteiger partial charge in [0, 0.05) is 12.7 Å². The molecule has 1 aliphatic rings. The van der Waals surface area contributed by atoms with Crippen molar-refractivity contribution in [2.24, 2.45) is 0 Å². The van der Waals surface area contributed by atoms with E-state index < -0.39 is 11.9 Å². The number of aromatic hydroxyl groups is 1. The summed E-state index contributed by atoms with van der Waals surface area (Å²) >= 11 is 0. The van der Waals surface area contributed by atoms with Gasteiger partial charge in [0.25, 0.3) is 5.91 Å². The van der Waals surface area contributed by atoms with Gasteiger partial charge < -0.3 is 15.2 Å². The minimum Gasteiger partial charge on any atom is -0.506 e. The Hall–Kier alpha value is -1.62. The van der Waals surface area contributed by atoms with E-state index in [9.17, 15) is 14.3 Å². The van der Waals surface area contributed by atoms with Gasteiger partial charge in [0.2, 0.25) is 0 Å². The Kier molecular flexibility index (Phi) is 3.05. The summed E-state index contributed by atoms with van der Waals surface area (Å²) in [6.07, 6.45) is 0.998. The zero-order valence-corrected chi connectivity index (χ0v) is 8.57. The number of anilines is 1. The number of benzene rings is 1. The fourth-order valence-corrected chi connectivity index (χ4v) is 1.61. The molecule has 1 fully saturated rings. The van der Waals surface area contributed by atoms with Gasteiger partial charge in [-0.05, 0) is 25.0 Å². The lowest BCUT2D eigenvalue weighted by molar-refractivity contribution is -0.124. The normalized spacial score (nSPS) is 19.7. The second-order valence-electron chi connectivity index (χ2n) is 3.65. The first-order chi connectivity index (χ1) is 7.66. The minimum absolute atomic E-state index is 0.0699. The fourth-order valence-electron chi connectivity index (χ4n) is 1.61. The summed E-state index contributed by atoms with van der Waals surface area (Å²) < 4.78 is 18.1. The van der Waals surface area contributed by atoms with Crippen LogP contribution in [0.1, 0.15) is 12.8 Å². The lowest BCUT2D eigenvalue weighted by atomic mass is 10.2. The first-order valence-electron chi connectivity index (χ1n) is 5.08. The second-order valence-corrected chi connectivity index (χ2v) is 3.65. The van der Waals surface area contributed by atoms with Gasteiger partial charge in [-0.15, -0.1) is 0 Å². The Morgan fingerprint density at radius 1 is 1.56 bits per heavy atom. The summed E-state index contributed by atoms with van der Waals surface area (Å²) in [7, 11) is 0. The van der Waals surface area contributed by atoms with E-state index in [1.807, 2.05) is 0 Å². The van der Waals surface area contributed by atoms with Crippen LogP contribution in [0.5, 0.6) is 5.75 Å². The van der Waals surface area contributed by atoms with Crippen LogP contribution in [0.2, 0.25) is 0 Å². The molecular formula is C11H12FNO3. The first kappa shape index (κ1) is 10.9. The molecule has 1 aliphatic heterocycles. The van der Waals surface area contributed by atoms with Gasteiger partial charge in [-0.3, -0.25) is 4.79 Å². The second kappa shape index (κ2) is 4.49. The lowest BCUT2D eigenvalue weighted by Crippen LogP contribution is -2.26. The average molecular weight is 225 g/mol. The highest BCUT2D eigenvalue weighted by atomic mass is 19.1. The maximum Gasteiger partial charge on any atom is 0.253 e. The molecule has 1 atom stereocenters. The summed E-state index contributed by atoms with van der Waals surface area (Å²) in [5.74, 6) is -1.02. The minimum atomic E-state index is -0.513. The highest BCUT2D eigenvalue weighted by molar-refractivity contribution is 5.95. The predicted octanol–water partition coefficient (Wildman–Crippen LogP) is 1.65. The van der Waals surface area contributed by atoms with E-state index >= 15 is 0 Å². The first-order valence-corrected chi connectivity index (χ1v) is 5.08. The van der Waals surface area contributed by atoms with Crippen LogP contribution in [0.15, 0.2) is 18.2 Å². The third-order valence-electron chi connectivity index (χ3n) is 2.44. The van der Waals surface area contributed by atoms with Crippen LogP contribution < -0.4 is 5.32 Å². The van der Waals surface area contributed by atoms with E-state index in [1.54, 1.807) is 0 Å². The van der Waals surface area contributed by atoms with Crippen molar-refractivity contribution in [1.82, 2.24) is 0 Å². The molecule has 1 aromatic carbocycles. The molecule has 2 rings (SSSR count). The molecule has 0 radical (unpaired) electrons. The molecule has 0 aromatic heterocycles. The van der Waals surface area contributed by atoms with Crippen molar-refractivity contribution in [3.63, 3.8) is 0 Å². The summed E-state index contributed by atoms with van der Waals surface area (Å²) in [4.78, 5) is 11.6. The number of hydrogen-bond donors (Lipinski definition) is 2. The van der Waals surface area contributed by atoms with Crippen molar-refractivity contribution in [2.75, 3.05) is 11.9 Å². The molecule has 0 aliphatic carbocycles. The van der Waals surface area contributed by atoms with Crippen LogP contribution in [-0.4, -0.2) is 23.7 Å². The van der Waals surface area contributed by atoms with Gasteiger partial charge in [-0.1, -0.05) is 0 Å². The summed E-state index contributed by atoms with van der Waals surface area (Å²) in [5.41, 5.74) is 0.0699. The number of carbonyl (C=O) groups excluding carboxylic acids is 1. The van der Waals surface area contributed by atoms with Crippen molar-refractivity contribution >= 4 is 11.6 Å². The predicted molar refractivity (Wildman–Crippen MR) is 55.7 cm³/mol. The van der Waals surface area contributed by atoms with Gasteiger partial charge in [-0.2, -0.15) is 0 Å². The monoisotopic (exact) mass is 225 g/mol. The Balaban J connectivity index is 2.07. The molecule has 2 N–H and O–H groups in total. The van der Waals surface area contributed by atoms with Crippen molar-refractivity contribution in [3.8, 4) is 5.75 Å². The van der Waals surface area contributed by atoms with Crippen molar-refractivity contribution in [1.29, 1.82) is 0 Å². The molecule has 0 spiro atoms. The smallest absolute Gasteiger partial charge is 0.253 e. The quantitative estimate of drug-likeness (QED) is 0.752. The molecular weight excluding hydrogens is 213 g/mol. The highest BCUT2D eigenvalue weighted by Gasteiger charge is 2.24. The number of carbonyl (C=O) groups is 1. The number of phenols is 1. The molecule has 0 bridgehead atoms. The molecule has 1 heterocycles. The topological polar surface area (TPSA) is 58.6 Å². The van der Waals surface area contributed by atoms with Gasteiger partial charge in [-0.25, -0.2) is 4.39 Å². The van der Waals surface area contributed by atoms with Crippen molar-refractivity contribution in [3.05, 3.63) is 24.0 Å². The lowest BCUT2D eigenvalue weighted by Gasteiger charge is -2.11. The molecule has 16 heavy (non-hydrogen) atoms. The zero-order valence-electron chi connectivity index (χ0n) is 8.57. The number of rotatable bonds is 2. The van der Waals surface area contributed by atoms with Crippen molar-refractivity contribution < 1.29 is 19.0 Å². The SMILES string of the molecule is O=C(Nc1cc(F)ccc1O)[C@@H]1CCCO1. The Morgan fingerprint density at radius 3 is 3.06 bits per heavy atom. The van der Waals surface area contributed by atoms with E-state index in [0.717, 1.165) is 18.6 Å². The molecule has 1 aromatic rings. The maximum atomic E-state index is 12.9. The molecule has 0 saturated carbocycles. The van der Waals surface area contributed by atoms with Crippen LogP contribution in [0.25, 0.3) is 0 Å². The van der Waals surface area contributed by atoms with Crippen LogP contribution >= 0.6 is 0 Å². The Bertz CT molecular complexity index is 402. The number of ether oxygens (including phenoxy) is 1. The molecule has 1 saturated heterocycles. The number of halogens is 1. The van der Waals surface area contributed by atoms with Gasteiger partial charge in [0.05, 0.1) is 5.69 Å². The Morgan fingerprint density at radius 2 is 2.38 bits per heavy atom. The molecule has 1 amide bonds. The van der Waals surface area contributed by atoms with E-state index in [0.29, 0.717) is 13.0 Å². The molecule has 86 valence electrons. The van der Waals surface area contributed by atoms with Crippen LogP contribution in [0.4, 0.5) is 10.1 Å². The van der Waals surface area contributed by atoms with E-state index in [4.69, 9.17) is 4.74 Å².